The maximum Gasteiger partial charge on any atom is 0.0794 e. The topological polar surface area (TPSA) is 36.4 Å². The van der Waals surface area contributed by atoms with Gasteiger partial charge < -0.3 is 10.0 Å². The van der Waals surface area contributed by atoms with E-state index in [1.54, 1.807) is 11.3 Å². The maximum atomic E-state index is 9.16. The highest BCUT2D eigenvalue weighted by Crippen LogP contribution is 2.27. The molecule has 78 valence electrons. The molecule has 3 nitrogen and oxygen atoms in total. The highest BCUT2D eigenvalue weighted by atomic mass is 32.1. The maximum absolute atomic E-state index is 9.16. The van der Waals surface area contributed by atoms with Gasteiger partial charge in [-0.25, -0.2) is 0 Å². The zero-order chi connectivity index (χ0) is 9.97. The quantitative estimate of drug-likeness (QED) is 0.818. The van der Waals surface area contributed by atoms with E-state index in [1.165, 1.54) is 4.88 Å². The Hall–Kier alpha value is -0.450. The van der Waals surface area contributed by atoms with Crippen molar-refractivity contribution in [3.63, 3.8) is 0 Å². The van der Waals surface area contributed by atoms with Crippen LogP contribution in [0.5, 0.6) is 0 Å². The molecule has 1 saturated carbocycles. The average molecular weight is 212 g/mol. The normalized spacial score (nSPS) is 26.5. The van der Waals surface area contributed by atoms with Gasteiger partial charge in [0.2, 0.25) is 0 Å². The van der Waals surface area contributed by atoms with E-state index in [2.05, 4.69) is 16.9 Å². The molecule has 0 amide bonds. The minimum absolute atomic E-state index is 0.0307. The standard InChI is InChI=1S/C10H16N2OS/c1-12(5-8-2-9(13)3-8)6-10-4-11-7-14-10/h4,7-9,13H,2-3,5-6H2,1H3. The number of nitrogens with zero attached hydrogens (tertiary/aromatic N) is 2. The summed E-state index contributed by atoms with van der Waals surface area (Å²) >= 11 is 1.70. The van der Waals surface area contributed by atoms with E-state index in [0.717, 1.165) is 25.9 Å². The molecule has 14 heavy (non-hydrogen) atoms. The summed E-state index contributed by atoms with van der Waals surface area (Å²) in [5.41, 5.74) is 1.87. The fourth-order valence-corrected chi connectivity index (χ4v) is 2.61. The highest BCUT2D eigenvalue weighted by Gasteiger charge is 2.27. The second kappa shape index (κ2) is 4.38. The molecule has 0 aromatic carbocycles. The summed E-state index contributed by atoms with van der Waals surface area (Å²) in [7, 11) is 2.13. The SMILES string of the molecule is CN(Cc1cncs1)CC1CC(O)C1. The van der Waals surface area contributed by atoms with Crippen LogP contribution in [0.4, 0.5) is 0 Å². The third-order valence-corrected chi connectivity index (χ3v) is 3.45. The van der Waals surface area contributed by atoms with E-state index in [1.807, 2.05) is 11.7 Å². The lowest BCUT2D eigenvalue weighted by Crippen LogP contribution is -2.36. The Morgan fingerprint density at radius 3 is 3.00 bits per heavy atom. The molecule has 0 aliphatic heterocycles. The fourth-order valence-electron chi connectivity index (χ4n) is 1.94. The summed E-state index contributed by atoms with van der Waals surface area (Å²) in [6, 6.07) is 0. The Labute approximate surface area is 88.4 Å². The van der Waals surface area contributed by atoms with Crippen LogP contribution in [0, 0.1) is 5.92 Å². The summed E-state index contributed by atoms with van der Waals surface area (Å²) in [5, 5.41) is 9.16. The molecule has 1 fully saturated rings. The largest absolute Gasteiger partial charge is 0.393 e. The Balaban J connectivity index is 1.71. The summed E-state index contributed by atoms with van der Waals surface area (Å²) in [6.45, 7) is 2.08. The van der Waals surface area contributed by atoms with Crippen LogP contribution in [-0.2, 0) is 6.54 Å². The Bertz CT molecular complexity index is 270. The predicted octanol–water partition coefficient (Wildman–Crippen LogP) is 1.35. The molecule has 0 radical (unpaired) electrons. The van der Waals surface area contributed by atoms with Gasteiger partial charge in [0.25, 0.3) is 0 Å². The van der Waals surface area contributed by atoms with Gasteiger partial charge in [-0.2, -0.15) is 0 Å². The molecule has 1 aromatic heterocycles. The Morgan fingerprint density at radius 1 is 1.64 bits per heavy atom. The first kappa shape index (κ1) is 10.1. The van der Waals surface area contributed by atoms with Gasteiger partial charge >= 0.3 is 0 Å². The minimum atomic E-state index is -0.0307. The lowest BCUT2D eigenvalue weighted by Gasteiger charge is -2.34. The molecule has 1 aliphatic carbocycles. The van der Waals surface area contributed by atoms with Crippen LogP contribution < -0.4 is 0 Å². The highest BCUT2D eigenvalue weighted by molar-refractivity contribution is 7.09. The van der Waals surface area contributed by atoms with Crippen molar-refractivity contribution in [2.45, 2.75) is 25.5 Å². The smallest absolute Gasteiger partial charge is 0.0794 e. The second-order valence-corrected chi connectivity index (χ2v) is 5.13. The van der Waals surface area contributed by atoms with Crippen LogP contribution in [0.3, 0.4) is 0 Å². The zero-order valence-corrected chi connectivity index (χ0v) is 9.20. The van der Waals surface area contributed by atoms with Crippen molar-refractivity contribution in [3.8, 4) is 0 Å². The molecule has 1 N–H and O–H groups in total. The van der Waals surface area contributed by atoms with Crippen molar-refractivity contribution >= 4 is 11.3 Å². The molecular formula is C10H16N2OS. The number of hydrogen-bond donors (Lipinski definition) is 1. The molecular weight excluding hydrogens is 196 g/mol. The number of thiazole rings is 1. The summed E-state index contributed by atoms with van der Waals surface area (Å²) in [5.74, 6) is 0.697. The van der Waals surface area contributed by atoms with Gasteiger partial charge in [-0.3, -0.25) is 4.98 Å². The zero-order valence-electron chi connectivity index (χ0n) is 8.39. The van der Waals surface area contributed by atoms with E-state index in [0.29, 0.717) is 5.92 Å². The molecule has 0 saturated heterocycles. The molecule has 1 aliphatic rings. The van der Waals surface area contributed by atoms with Crippen molar-refractivity contribution in [3.05, 3.63) is 16.6 Å². The van der Waals surface area contributed by atoms with E-state index < -0.39 is 0 Å². The van der Waals surface area contributed by atoms with E-state index in [-0.39, 0.29) is 6.10 Å². The Morgan fingerprint density at radius 2 is 2.43 bits per heavy atom. The molecule has 0 bridgehead atoms. The minimum Gasteiger partial charge on any atom is -0.393 e. The van der Waals surface area contributed by atoms with Gasteiger partial charge in [0.1, 0.15) is 0 Å². The third-order valence-electron chi connectivity index (χ3n) is 2.69. The van der Waals surface area contributed by atoms with Gasteiger partial charge in [-0.15, -0.1) is 11.3 Å². The first-order valence-electron chi connectivity index (χ1n) is 4.98. The molecule has 0 atom stereocenters. The van der Waals surface area contributed by atoms with Crippen molar-refractivity contribution in [1.29, 1.82) is 0 Å². The van der Waals surface area contributed by atoms with Crippen LogP contribution in [0.25, 0.3) is 0 Å². The van der Waals surface area contributed by atoms with E-state index in [4.69, 9.17) is 5.11 Å². The summed E-state index contributed by atoms with van der Waals surface area (Å²) in [6.07, 6.45) is 3.86. The second-order valence-electron chi connectivity index (χ2n) is 4.16. The van der Waals surface area contributed by atoms with Crippen LogP contribution >= 0.6 is 11.3 Å². The van der Waals surface area contributed by atoms with Crippen LogP contribution in [0.15, 0.2) is 11.7 Å². The van der Waals surface area contributed by atoms with Crippen LogP contribution in [-0.4, -0.2) is 34.7 Å². The molecule has 0 unspecified atom stereocenters. The molecule has 0 spiro atoms. The summed E-state index contributed by atoms with van der Waals surface area (Å²) in [4.78, 5) is 7.67. The lowest BCUT2D eigenvalue weighted by atomic mass is 9.82. The first-order chi connectivity index (χ1) is 6.74. The van der Waals surface area contributed by atoms with Crippen molar-refractivity contribution < 1.29 is 5.11 Å². The monoisotopic (exact) mass is 212 g/mol. The number of aromatic nitrogens is 1. The van der Waals surface area contributed by atoms with Gasteiger partial charge in [-0.05, 0) is 25.8 Å². The number of hydrogen-bond acceptors (Lipinski definition) is 4. The lowest BCUT2D eigenvalue weighted by molar-refractivity contribution is 0.0275. The molecule has 4 heteroatoms. The van der Waals surface area contributed by atoms with Crippen LogP contribution in [0.2, 0.25) is 0 Å². The van der Waals surface area contributed by atoms with Crippen molar-refractivity contribution in [1.82, 2.24) is 9.88 Å². The Kier molecular flexibility index (Phi) is 3.15. The van der Waals surface area contributed by atoms with Crippen molar-refractivity contribution in [2.75, 3.05) is 13.6 Å². The van der Waals surface area contributed by atoms with Gasteiger partial charge in [-0.1, -0.05) is 0 Å². The fraction of sp³-hybridized carbons (Fsp3) is 0.700. The van der Waals surface area contributed by atoms with Gasteiger partial charge in [0.05, 0.1) is 11.6 Å². The molecule has 1 heterocycles. The van der Waals surface area contributed by atoms with Crippen molar-refractivity contribution in [2.24, 2.45) is 5.92 Å². The number of aliphatic hydroxyl groups is 1. The average Bonchev–Trinajstić information content (AvgIpc) is 2.54. The third kappa shape index (κ3) is 2.53. The molecule has 1 aromatic rings. The van der Waals surface area contributed by atoms with E-state index in [9.17, 15) is 0 Å². The molecule has 2 rings (SSSR count). The number of rotatable bonds is 4. The first-order valence-corrected chi connectivity index (χ1v) is 5.86. The predicted molar refractivity (Wildman–Crippen MR) is 57.2 cm³/mol. The van der Waals surface area contributed by atoms with Gasteiger partial charge in [0.15, 0.2) is 0 Å². The number of aliphatic hydroxyl groups excluding tert-OH is 1. The van der Waals surface area contributed by atoms with Gasteiger partial charge in [0, 0.05) is 24.2 Å². The van der Waals surface area contributed by atoms with E-state index >= 15 is 0 Å². The summed E-state index contributed by atoms with van der Waals surface area (Å²) < 4.78 is 0. The van der Waals surface area contributed by atoms with Crippen LogP contribution in [0.1, 0.15) is 17.7 Å².